The summed E-state index contributed by atoms with van der Waals surface area (Å²) >= 11 is 0. The third-order valence-electron chi connectivity index (χ3n) is 4.96. The Morgan fingerprint density at radius 1 is 1.22 bits per heavy atom. The molecule has 0 amide bonds. The molecule has 0 aliphatic heterocycles. The molecule has 3 unspecified atom stereocenters. The van der Waals surface area contributed by atoms with E-state index in [0.29, 0.717) is 12.3 Å². The minimum atomic E-state index is -0.801. The molecule has 0 heterocycles. The first-order valence-corrected chi connectivity index (χ1v) is 6.68. The fourth-order valence-corrected chi connectivity index (χ4v) is 4.08. The highest BCUT2D eigenvalue weighted by atomic mass is 19.2. The average Bonchev–Trinajstić information content (AvgIpc) is 2.94. The van der Waals surface area contributed by atoms with Crippen LogP contribution in [0.5, 0.6) is 0 Å². The van der Waals surface area contributed by atoms with E-state index < -0.39 is 11.6 Å². The van der Waals surface area contributed by atoms with Crippen LogP contribution in [0.3, 0.4) is 0 Å². The van der Waals surface area contributed by atoms with Crippen LogP contribution >= 0.6 is 0 Å². The molecule has 98 valence electrons. The molecule has 1 nitrogen and oxygen atoms in total. The fraction of sp³-hybridized carbons (Fsp3) is 0.600. The molecule has 2 fully saturated rings. The molecule has 1 aromatic rings. The highest BCUT2D eigenvalue weighted by Crippen LogP contribution is 2.57. The summed E-state index contributed by atoms with van der Waals surface area (Å²) < 4.78 is 26.1. The second kappa shape index (κ2) is 4.30. The molecule has 0 radical (unpaired) electrons. The number of hydrogen-bond acceptors (Lipinski definition) is 1. The van der Waals surface area contributed by atoms with Crippen LogP contribution in [0.1, 0.15) is 31.2 Å². The van der Waals surface area contributed by atoms with Gasteiger partial charge in [-0.3, -0.25) is 0 Å². The molecule has 2 aliphatic carbocycles. The Kier molecular flexibility index (Phi) is 2.89. The normalized spacial score (nSPS) is 34.2. The summed E-state index contributed by atoms with van der Waals surface area (Å²) in [6.07, 6.45) is 5.35. The summed E-state index contributed by atoms with van der Waals surface area (Å²) in [5.41, 5.74) is 0.711. The zero-order chi connectivity index (χ0) is 12.8. The van der Waals surface area contributed by atoms with Crippen molar-refractivity contribution in [3.8, 4) is 0 Å². The van der Waals surface area contributed by atoms with Crippen molar-refractivity contribution in [2.75, 3.05) is 6.61 Å². The number of rotatable bonds is 3. The maximum Gasteiger partial charge on any atom is 0.159 e. The van der Waals surface area contributed by atoms with E-state index in [4.69, 9.17) is 0 Å². The predicted molar refractivity (Wildman–Crippen MR) is 65.0 cm³/mol. The summed E-state index contributed by atoms with van der Waals surface area (Å²) in [6, 6.07) is 4.10. The molecule has 0 spiro atoms. The van der Waals surface area contributed by atoms with Crippen LogP contribution in [-0.2, 0) is 6.42 Å². The third kappa shape index (κ3) is 1.85. The first-order chi connectivity index (χ1) is 8.63. The Morgan fingerprint density at radius 2 is 2.06 bits per heavy atom. The van der Waals surface area contributed by atoms with Gasteiger partial charge >= 0.3 is 0 Å². The summed E-state index contributed by atoms with van der Waals surface area (Å²) in [4.78, 5) is 0. The number of fused-ring (bicyclic) bond motifs is 2. The fourth-order valence-electron chi connectivity index (χ4n) is 4.08. The van der Waals surface area contributed by atoms with E-state index in [1.165, 1.54) is 31.4 Å². The number of aliphatic hydroxyl groups excluding tert-OH is 1. The summed E-state index contributed by atoms with van der Waals surface area (Å²) in [5.74, 6) is -0.304. The lowest BCUT2D eigenvalue weighted by Gasteiger charge is -2.36. The first-order valence-electron chi connectivity index (χ1n) is 6.68. The molecular weight excluding hydrogens is 234 g/mol. The molecule has 3 atom stereocenters. The minimum Gasteiger partial charge on any atom is -0.396 e. The van der Waals surface area contributed by atoms with Gasteiger partial charge < -0.3 is 5.11 Å². The van der Waals surface area contributed by atoms with Crippen LogP contribution in [0.15, 0.2) is 18.2 Å². The van der Waals surface area contributed by atoms with Gasteiger partial charge in [0.15, 0.2) is 11.6 Å². The number of benzene rings is 1. The number of hydrogen-bond donors (Lipinski definition) is 1. The summed E-state index contributed by atoms with van der Waals surface area (Å²) in [5, 5.41) is 9.76. The molecule has 0 saturated heterocycles. The Morgan fingerprint density at radius 3 is 2.61 bits per heavy atom. The Labute approximate surface area is 106 Å². The van der Waals surface area contributed by atoms with E-state index in [2.05, 4.69) is 0 Å². The van der Waals surface area contributed by atoms with Gasteiger partial charge in [0.2, 0.25) is 0 Å². The topological polar surface area (TPSA) is 20.2 Å². The standard InChI is InChI=1S/C15H18F2O/c16-13-4-2-11(6-14(13)17)8-15(9-18)7-10-1-3-12(15)5-10/h2,4,6,10,12,18H,1,3,5,7-9H2. The lowest BCUT2D eigenvalue weighted by molar-refractivity contribution is 0.0651. The van der Waals surface area contributed by atoms with E-state index in [-0.39, 0.29) is 12.0 Å². The number of halogens is 2. The second-order valence-corrected chi connectivity index (χ2v) is 6.03. The van der Waals surface area contributed by atoms with Crippen molar-refractivity contribution in [1.29, 1.82) is 0 Å². The van der Waals surface area contributed by atoms with Crippen LogP contribution < -0.4 is 0 Å². The zero-order valence-corrected chi connectivity index (χ0v) is 10.3. The van der Waals surface area contributed by atoms with E-state index in [1.807, 2.05) is 0 Å². The van der Waals surface area contributed by atoms with Gasteiger partial charge in [-0.25, -0.2) is 8.78 Å². The Hall–Kier alpha value is -0.960. The molecule has 0 aromatic heterocycles. The molecule has 1 aromatic carbocycles. The van der Waals surface area contributed by atoms with Crippen molar-refractivity contribution >= 4 is 0 Å². The van der Waals surface area contributed by atoms with E-state index in [9.17, 15) is 13.9 Å². The van der Waals surface area contributed by atoms with E-state index in [1.54, 1.807) is 6.07 Å². The molecule has 2 aliphatic rings. The predicted octanol–water partition coefficient (Wildman–Crippen LogP) is 3.31. The van der Waals surface area contributed by atoms with Crippen LogP contribution in [0, 0.1) is 28.9 Å². The van der Waals surface area contributed by atoms with Crippen LogP contribution in [0.2, 0.25) is 0 Å². The third-order valence-corrected chi connectivity index (χ3v) is 4.96. The molecule has 18 heavy (non-hydrogen) atoms. The largest absolute Gasteiger partial charge is 0.396 e. The smallest absolute Gasteiger partial charge is 0.159 e. The lowest BCUT2D eigenvalue weighted by Crippen LogP contribution is -2.34. The minimum absolute atomic E-state index is 0.0901. The van der Waals surface area contributed by atoms with E-state index in [0.717, 1.165) is 17.9 Å². The van der Waals surface area contributed by atoms with Gasteiger partial charge in [0.25, 0.3) is 0 Å². The van der Waals surface area contributed by atoms with Crippen molar-refractivity contribution in [1.82, 2.24) is 0 Å². The van der Waals surface area contributed by atoms with Crippen molar-refractivity contribution in [2.24, 2.45) is 17.3 Å². The van der Waals surface area contributed by atoms with Crippen LogP contribution in [-0.4, -0.2) is 11.7 Å². The monoisotopic (exact) mass is 252 g/mol. The van der Waals surface area contributed by atoms with Crippen molar-refractivity contribution < 1.29 is 13.9 Å². The van der Waals surface area contributed by atoms with Gasteiger partial charge in [0, 0.05) is 12.0 Å². The maximum absolute atomic E-state index is 13.2. The van der Waals surface area contributed by atoms with Gasteiger partial charge in [-0.05, 0) is 55.2 Å². The number of aliphatic hydroxyl groups is 1. The van der Waals surface area contributed by atoms with Crippen LogP contribution in [0.25, 0.3) is 0 Å². The molecule has 2 bridgehead atoms. The van der Waals surface area contributed by atoms with Crippen molar-refractivity contribution in [3.63, 3.8) is 0 Å². The van der Waals surface area contributed by atoms with Crippen molar-refractivity contribution in [2.45, 2.75) is 32.1 Å². The quantitative estimate of drug-likeness (QED) is 0.875. The molecular formula is C15H18F2O. The molecule has 3 heteroatoms. The van der Waals surface area contributed by atoms with Crippen LogP contribution in [0.4, 0.5) is 8.78 Å². The first kappa shape index (κ1) is 12.1. The average molecular weight is 252 g/mol. The van der Waals surface area contributed by atoms with Crippen molar-refractivity contribution in [3.05, 3.63) is 35.4 Å². The highest BCUT2D eigenvalue weighted by molar-refractivity contribution is 5.21. The lowest BCUT2D eigenvalue weighted by atomic mass is 9.70. The molecule has 2 saturated carbocycles. The van der Waals surface area contributed by atoms with Gasteiger partial charge in [-0.2, -0.15) is 0 Å². The van der Waals surface area contributed by atoms with Gasteiger partial charge in [0.05, 0.1) is 0 Å². The summed E-state index contributed by atoms with van der Waals surface area (Å²) in [7, 11) is 0. The molecule has 3 rings (SSSR count). The Bertz CT molecular complexity index is 460. The zero-order valence-electron chi connectivity index (χ0n) is 10.3. The van der Waals surface area contributed by atoms with E-state index >= 15 is 0 Å². The SMILES string of the molecule is OCC1(Cc2ccc(F)c(F)c2)CC2CCC1C2. The second-order valence-electron chi connectivity index (χ2n) is 6.03. The summed E-state index contributed by atoms with van der Waals surface area (Å²) in [6.45, 7) is 0.160. The van der Waals surface area contributed by atoms with Gasteiger partial charge in [-0.15, -0.1) is 0 Å². The Balaban J connectivity index is 1.84. The molecule has 1 N–H and O–H groups in total. The van der Waals surface area contributed by atoms with Gasteiger partial charge in [0.1, 0.15) is 0 Å². The highest BCUT2D eigenvalue weighted by Gasteiger charge is 2.50. The van der Waals surface area contributed by atoms with Gasteiger partial charge in [-0.1, -0.05) is 12.5 Å². The maximum atomic E-state index is 13.2.